The summed E-state index contributed by atoms with van der Waals surface area (Å²) in [6, 6.07) is 7.88. The van der Waals surface area contributed by atoms with Crippen LogP contribution >= 0.6 is 12.2 Å². The number of rotatable bonds is 1. The molecule has 0 unspecified atom stereocenters. The molecule has 0 aliphatic carbocycles. The van der Waals surface area contributed by atoms with Crippen molar-refractivity contribution in [3.8, 4) is 5.69 Å². The predicted octanol–water partition coefficient (Wildman–Crippen LogP) is 2.41. The summed E-state index contributed by atoms with van der Waals surface area (Å²) in [5, 5.41) is 4.17. The molecule has 0 saturated heterocycles. The summed E-state index contributed by atoms with van der Waals surface area (Å²) in [5.74, 6) is 0. The minimum Gasteiger partial charge on any atom is -0.331 e. The third-order valence-electron chi connectivity index (χ3n) is 2.27. The van der Waals surface area contributed by atoms with Crippen LogP contribution in [0.15, 0.2) is 36.7 Å². The average Bonchev–Trinajstić information content (AvgIpc) is 2.82. The van der Waals surface area contributed by atoms with Gasteiger partial charge >= 0.3 is 0 Å². The van der Waals surface area contributed by atoms with Crippen LogP contribution in [0.2, 0.25) is 0 Å². The Bertz CT molecular complexity index is 647. The fraction of sp³-hybridized carbons (Fsp3) is 0. The highest BCUT2D eigenvalue weighted by Crippen LogP contribution is 2.14. The van der Waals surface area contributed by atoms with Crippen molar-refractivity contribution in [2.45, 2.75) is 0 Å². The maximum absolute atomic E-state index is 5.02. The van der Waals surface area contributed by atoms with Crippen molar-refractivity contribution in [3.05, 3.63) is 41.4 Å². The van der Waals surface area contributed by atoms with Crippen LogP contribution in [-0.4, -0.2) is 19.7 Å². The van der Waals surface area contributed by atoms with Crippen molar-refractivity contribution < 1.29 is 0 Å². The van der Waals surface area contributed by atoms with Gasteiger partial charge in [-0.3, -0.25) is 0 Å². The van der Waals surface area contributed by atoms with Crippen molar-refractivity contribution in [2.24, 2.45) is 0 Å². The van der Waals surface area contributed by atoms with E-state index in [9.17, 15) is 0 Å². The molecule has 0 spiro atoms. The largest absolute Gasteiger partial charge is 0.331 e. The Morgan fingerprint density at radius 3 is 2.87 bits per heavy atom. The van der Waals surface area contributed by atoms with Crippen molar-refractivity contribution in [1.29, 1.82) is 0 Å². The molecule has 0 aliphatic heterocycles. The van der Waals surface area contributed by atoms with Crippen LogP contribution in [0.1, 0.15) is 0 Å². The summed E-state index contributed by atoms with van der Waals surface area (Å²) in [6.45, 7) is 0. The van der Waals surface area contributed by atoms with Crippen LogP contribution in [0.25, 0.3) is 16.7 Å². The third-order valence-corrected chi connectivity index (χ3v) is 2.47. The molecular formula is C10H8N4S. The molecule has 2 heterocycles. The van der Waals surface area contributed by atoms with Crippen molar-refractivity contribution >= 4 is 23.3 Å². The number of hydrogen-bond donors (Lipinski definition) is 2. The fourth-order valence-corrected chi connectivity index (χ4v) is 1.80. The number of fused-ring (bicyclic) bond motifs is 1. The van der Waals surface area contributed by atoms with Gasteiger partial charge in [0.1, 0.15) is 0 Å². The van der Waals surface area contributed by atoms with Crippen LogP contribution in [0.3, 0.4) is 0 Å². The summed E-state index contributed by atoms with van der Waals surface area (Å²) in [4.78, 5) is 6.14. The predicted molar refractivity (Wildman–Crippen MR) is 60.6 cm³/mol. The topological polar surface area (TPSA) is 49.4 Å². The molecule has 3 rings (SSSR count). The zero-order valence-corrected chi connectivity index (χ0v) is 8.58. The lowest BCUT2D eigenvalue weighted by atomic mass is 10.3. The molecule has 15 heavy (non-hydrogen) atoms. The Labute approximate surface area is 90.6 Å². The second kappa shape index (κ2) is 3.06. The number of nitrogens with one attached hydrogen (secondary N) is 2. The fourth-order valence-electron chi connectivity index (χ4n) is 1.58. The summed E-state index contributed by atoms with van der Waals surface area (Å²) >= 11 is 5.02. The van der Waals surface area contributed by atoms with Crippen LogP contribution < -0.4 is 0 Å². The number of benzene rings is 1. The number of aromatic nitrogens is 4. The normalized spacial score (nSPS) is 10.9. The maximum Gasteiger partial charge on any atom is 0.175 e. The lowest BCUT2D eigenvalue weighted by molar-refractivity contribution is 0.882. The molecule has 74 valence electrons. The first-order chi connectivity index (χ1) is 7.33. The second-order valence-electron chi connectivity index (χ2n) is 3.26. The molecule has 2 aromatic heterocycles. The maximum atomic E-state index is 5.02. The van der Waals surface area contributed by atoms with Gasteiger partial charge in [-0.2, -0.15) is 5.10 Å². The number of hydrogen-bond acceptors (Lipinski definition) is 2. The Morgan fingerprint density at radius 2 is 2.07 bits per heavy atom. The molecule has 0 amide bonds. The minimum atomic E-state index is 0.641. The first-order valence-corrected chi connectivity index (χ1v) is 4.96. The van der Waals surface area contributed by atoms with Gasteiger partial charge in [0, 0.05) is 12.4 Å². The van der Waals surface area contributed by atoms with Crippen molar-refractivity contribution in [3.63, 3.8) is 0 Å². The molecule has 1 aromatic carbocycles. The number of imidazole rings is 1. The van der Waals surface area contributed by atoms with Crippen molar-refractivity contribution in [1.82, 2.24) is 19.7 Å². The van der Waals surface area contributed by atoms with E-state index in [1.165, 1.54) is 0 Å². The molecule has 5 heteroatoms. The molecule has 0 aliphatic rings. The zero-order valence-electron chi connectivity index (χ0n) is 7.77. The Hall–Kier alpha value is -1.88. The SMILES string of the molecule is S=c1[nH]c2ccc(-n3cccn3)cc2[nH]1. The number of aromatic amines is 2. The molecule has 0 saturated carbocycles. The molecule has 3 aromatic rings. The van der Waals surface area contributed by atoms with Crippen molar-refractivity contribution in [2.75, 3.05) is 0 Å². The Morgan fingerprint density at radius 1 is 1.20 bits per heavy atom. The van der Waals surface area contributed by atoms with E-state index in [0.29, 0.717) is 4.77 Å². The van der Waals surface area contributed by atoms with E-state index in [1.54, 1.807) is 6.20 Å². The van der Waals surface area contributed by atoms with Gasteiger partial charge < -0.3 is 9.97 Å². The molecule has 0 atom stereocenters. The van der Waals surface area contributed by atoms with E-state index in [4.69, 9.17) is 12.2 Å². The van der Waals surface area contributed by atoms with Crippen LogP contribution in [-0.2, 0) is 0 Å². The summed E-state index contributed by atoms with van der Waals surface area (Å²) in [6.07, 6.45) is 3.66. The van der Waals surface area contributed by atoms with E-state index >= 15 is 0 Å². The summed E-state index contributed by atoms with van der Waals surface area (Å²) in [7, 11) is 0. The van der Waals surface area contributed by atoms with Gasteiger partial charge in [-0.15, -0.1) is 0 Å². The van der Waals surface area contributed by atoms with Crippen LogP contribution in [0.5, 0.6) is 0 Å². The highest BCUT2D eigenvalue weighted by molar-refractivity contribution is 7.71. The van der Waals surface area contributed by atoms with Crippen LogP contribution in [0, 0.1) is 4.77 Å². The summed E-state index contributed by atoms with van der Waals surface area (Å²) < 4.78 is 2.45. The first-order valence-electron chi connectivity index (χ1n) is 4.55. The smallest absolute Gasteiger partial charge is 0.175 e. The third kappa shape index (κ3) is 1.37. The lowest BCUT2D eigenvalue weighted by Gasteiger charge is -1.99. The Kier molecular flexibility index (Phi) is 1.72. The van der Waals surface area contributed by atoms with E-state index in [0.717, 1.165) is 16.7 Å². The average molecular weight is 216 g/mol. The van der Waals surface area contributed by atoms with Gasteiger partial charge in [-0.05, 0) is 36.5 Å². The van der Waals surface area contributed by atoms with Crippen LogP contribution in [0.4, 0.5) is 0 Å². The van der Waals surface area contributed by atoms with E-state index < -0.39 is 0 Å². The van der Waals surface area contributed by atoms with Gasteiger partial charge in [0.05, 0.1) is 16.7 Å². The van der Waals surface area contributed by atoms with E-state index in [1.807, 2.05) is 35.1 Å². The number of nitrogens with zero attached hydrogens (tertiary/aromatic N) is 2. The minimum absolute atomic E-state index is 0.641. The molecule has 2 N–H and O–H groups in total. The zero-order chi connectivity index (χ0) is 10.3. The number of H-pyrrole nitrogens is 2. The molecule has 0 radical (unpaired) electrons. The van der Waals surface area contributed by atoms with Gasteiger partial charge in [0.25, 0.3) is 0 Å². The monoisotopic (exact) mass is 216 g/mol. The molecule has 0 bridgehead atoms. The quantitative estimate of drug-likeness (QED) is 0.614. The standard InChI is InChI=1S/C10H8N4S/c15-10-12-8-3-2-7(6-9(8)13-10)14-5-1-4-11-14/h1-6H,(H2,12,13,15). The van der Waals surface area contributed by atoms with Gasteiger partial charge in [0.2, 0.25) is 0 Å². The van der Waals surface area contributed by atoms with Gasteiger partial charge in [-0.25, -0.2) is 4.68 Å². The molecule has 0 fully saturated rings. The Balaban J connectivity index is 2.26. The highest BCUT2D eigenvalue weighted by Gasteiger charge is 1.99. The highest BCUT2D eigenvalue weighted by atomic mass is 32.1. The molecule has 4 nitrogen and oxygen atoms in total. The van der Waals surface area contributed by atoms with Gasteiger partial charge in [-0.1, -0.05) is 0 Å². The first kappa shape index (κ1) is 8.43. The lowest BCUT2D eigenvalue weighted by Crippen LogP contribution is -1.93. The summed E-state index contributed by atoms with van der Waals surface area (Å²) in [5.41, 5.74) is 3.02. The van der Waals surface area contributed by atoms with Gasteiger partial charge in [0.15, 0.2) is 4.77 Å². The molecular weight excluding hydrogens is 208 g/mol. The van der Waals surface area contributed by atoms with E-state index in [2.05, 4.69) is 15.1 Å². The second-order valence-corrected chi connectivity index (χ2v) is 3.67. The van der Waals surface area contributed by atoms with E-state index in [-0.39, 0.29) is 0 Å².